The van der Waals surface area contributed by atoms with E-state index in [1.54, 1.807) is 0 Å². The molecule has 0 aromatic heterocycles. The van der Waals surface area contributed by atoms with Crippen LogP contribution in [-0.2, 0) is 0 Å². The zero-order valence-corrected chi connectivity index (χ0v) is 11.4. The van der Waals surface area contributed by atoms with E-state index in [1.165, 1.54) is 32.4 Å². The van der Waals surface area contributed by atoms with Crippen LogP contribution in [0.15, 0.2) is 18.2 Å². The summed E-state index contributed by atoms with van der Waals surface area (Å²) in [7, 11) is 0. The maximum atomic E-state index is 6.09. The van der Waals surface area contributed by atoms with Crippen molar-refractivity contribution in [3.63, 3.8) is 0 Å². The monoisotopic (exact) mass is 272 g/mol. The predicted octanol–water partition coefficient (Wildman–Crippen LogP) is 3.89. The fourth-order valence-electron chi connectivity index (χ4n) is 2.19. The van der Waals surface area contributed by atoms with Crippen molar-refractivity contribution in [1.82, 2.24) is 4.90 Å². The van der Waals surface area contributed by atoms with E-state index in [2.05, 4.69) is 10.2 Å². The Labute approximate surface area is 113 Å². The van der Waals surface area contributed by atoms with E-state index < -0.39 is 0 Å². The summed E-state index contributed by atoms with van der Waals surface area (Å²) < 4.78 is 0. The standard InChI is InChI=1S/C13H18Cl2N2/c14-11-5-4-6-12(15)13(11)16-7-10-17-8-2-1-3-9-17/h4-6,16H,1-3,7-10H2. The maximum absolute atomic E-state index is 6.09. The first-order valence-electron chi connectivity index (χ1n) is 6.17. The van der Waals surface area contributed by atoms with Gasteiger partial charge < -0.3 is 10.2 Å². The van der Waals surface area contributed by atoms with Gasteiger partial charge in [-0.3, -0.25) is 0 Å². The fraction of sp³-hybridized carbons (Fsp3) is 0.538. The molecular weight excluding hydrogens is 255 g/mol. The van der Waals surface area contributed by atoms with Crippen LogP contribution in [0.1, 0.15) is 19.3 Å². The number of nitrogens with one attached hydrogen (secondary N) is 1. The highest BCUT2D eigenvalue weighted by molar-refractivity contribution is 6.39. The molecule has 2 rings (SSSR count). The van der Waals surface area contributed by atoms with Gasteiger partial charge in [0.05, 0.1) is 15.7 Å². The topological polar surface area (TPSA) is 15.3 Å². The number of para-hydroxylation sites is 1. The highest BCUT2D eigenvalue weighted by Gasteiger charge is 2.10. The van der Waals surface area contributed by atoms with Crippen molar-refractivity contribution in [2.45, 2.75) is 19.3 Å². The summed E-state index contributed by atoms with van der Waals surface area (Å²) in [5.41, 5.74) is 0.854. The van der Waals surface area contributed by atoms with Gasteiger partial charge in [-0.25, -0.2) is 0 Å². The molecule has 1 saturated heterocycles. The number of anilines is 1. The molecule has 1 aliphatic heterocycles. The number of likely N-dealkylation sites (tertiary alicyclic amines) is 1. The van der Waals surface area contributed by atoms with Gasteiger partial charge in [0.1, 0.15) is 0 Å². The van der Waals surface area contributed by atoms with Gasteiger partial charge in [-0.15, -0.1) is 0 Å². The molecule has 0 atom stereocenters. The van der Waals surface area contributed by atoms with Gasteiger partial charge in [0, 0.05) is 13.1 Å². The third kappa shape index (κ3) is 3.77. The lowest BCUT2D eigenvalue weighted by Crippen LogP contribution is -2.33. The lowest BCUT2D eigenvalue weighted by atomic mass is 10.1. The minimum absolute atomic E-state index is 0.691. The summed E-state index contributed by atoms with van der Waals surface area (Å²) in [6.45, 7) is 4.39. The first-order chi connectivity index (χ1) is 8.27. The molecule has 1 aromatic rings. The summed E-state index contributed by atoms with van der Waals surface area (Å²) in [4.78, 5) is 2.49. The molecule has 17 heavy (non-hydrogen) atoms. The Kier molecular flexibility index (Phi) is 4.96. The molecule has 0 spiro atoms. The number of hydrogen-bond donors (Lipinski definition) is 1. The average Bonchev–Trinajstić information content (AvgIpc) is 2.34. The van der Waals surface area contributed by atoms with E-state index in [4.69, 9.17) is 23.2 Å². The largest absolute Gasteiger partial charge is 0.381 e. The Bertz CT molecular complexity index is 342. The second-order valence-electron chi connectivity index (χ2n) is 4.43. The van der Waals surface area contributed by atoms with Crippen molar-refractivity contribution < 1.29 is 0 Å². The number of piperidine rings is 1. The number of nitrogens with zero attached hydrogens (tertiary/aromatic N) is 1. The van der Waals surface area contributed by atoms with Crippen molar-refractivity contribution in [3.05, 3.63) is 28.2 Å². The first kappa shape index (κ1) is 13.0. The molecule has 1 aromatic carbocycles. The molecule has 94 valence electrons. The molecule has 0 aliphatic carbocycles. The van der Waals surface area contributed by atoms with Crippen molar-refractivity contribution >= 4 is 28.9 Å². The maximum Gasteiger partial charge on any atom is 0.0719 e. The Morgan fingerprint density at radius 2 is 1.71 bits per heavy atom. The van der Waals surface area contributed by atoms with Gasteiger partial charge in [0.2, 0.25) is 0 Å². The second kappa shape index (κ2) is 6.48. The molecule has 0 radical (unpaired) electrons. The van der Waals surface area contributed by atoms with Gasteiger partial charge in [-0.2, -0.15) is 0 Å². The van der Waals surface area contributed by atoms with Crippen molar-refractivity contribution in [2.24, 2.45) is 0 Å². The second-order valence-corrected chi connectivity index (χ2v) is 5.24. The smallest absolute Gasteiger partial charge is 0.0719 e. The lowest BCUT2D eigenvalue weighted by molar-refractivity contribution is 0.237. The van der Waals surface area contributed by atoms with Gasteiger partial charge in [0.25, 0.3) is 0 Å². The number of rotatable bonds is 4. The molecule has 0 bridgehead atoms. The van der Waals surface area contributed by atoms with Crippen LogP contribution in [0.2, 0.25) is 10.0 Å². The van der Waals surface area contributed by atoms with E-state index in [0.717, 1.165) is 18.8 Å². The zero-order valence-electron chi connectivity index (χ0n) is 9.88. The summed E-state index contributed by atoms with van der Waals surface area (Å²) in [5.74, 6) is 0. The summed E-state index contributed by atoms with van der Waals surface area (Å²) in [6, 6.07) is 5.58. The molecule has 0 amide bonds. The Morgan fingerprint density at radius 3 is 2.35 bits per heavy atom. The molecule has 0 saturated carbocycles. The van der Waals surface area contributed by atoms with E-state index in [0.29, 0.717) is 10.0 Å². The normalized spacial score (nSPS) is 17.1. The summed E-state index contributed by atoms with van der Waals surface area (Å²) in [6.07, 6.45) is 4.03. The van der Waals surface area contributed by atoms with Crippen LogP contribution in [0.5, 0.6) is 0 Å². The predicted molar refractivity (Wildman–Crippen MR) is 75.2 cm³/mol. The van der Waals surface area contributed by atoms with Crippen LogP contribution in [0.25, 0.3) is 0 Å². The quantitative estimate of drug-likeness (QED) is 0.895. The lowest BCUT2D eigenvalue weighted by Gasteiger charge is -2.26. The van der Waals surface area contributed by atoms with E-state index in [-0.39, 0.29) is 0 Å². The molecule has 1 aliphatic rings. The van der Waals surface area contributed by atoms with Crippen LogP contribution < -0.4 is 5.32 Å². The number of hydrogen-bond acceptors (Lipinski definition) is 2. The number of benzene rings is 1. The van der Waals surface area contributed by atoms with Crippen LogP contribution in [0, 0.1) is 0 Å². The fourth-order valence-corrected chi connectivity index (χ4v) is 2.72. The van der Waals surface area contributed by atoms with Crippen molar-refractivity contribution in [3.8, 4) is 0 Å². The van der Waals surface area contributed by atoms with Crippen molar-refractivity contribution in [1.29, 1.82) is 0 Å². The van der Waals surface area contributed by atoms with Gasteiger partial charge in [-0.05, 0) is 38.1 Å². The van der Waals surface area contributed by atoms with E-state index in [9.17, 15) is 0 Å². The first-order valence-corrected chi connectivity index (χ1v) is 6.93. The van der Waals surface area contributed by atoms with Gasteiger partial charge in [0.15, 0.2) is 0 Å². The van der Waals surface area contributed by atoms with Gasteiger partial charge >= 0.3 is 0 Å². The molecular formula is C13H18Cl2N2. The third-order valence-electron chi connectivity index (χ3n) is 3.14. The summed E-state index contributed by atoms with van der Waals surface area (Å²) >= 11 is 12.2. The Balaban J connectivity index is 1.81. The molecule has 1 N–H and O–H groups in total. The SMILES string of the molecule is Clc1cccc(Cl)c1NCCN1CCCCC1. The molecule has 1 heterocycles. The molecule has 1 fully saturated rings. The Hall–Kier alpha value is -0.440. The van der Waals surface area contributed by atoms with E-state index in [1.807, 2.05) is 18.2 Å². The number of halogens is 2. The summed E-state index contributed by atoms with van der Waals surface area (Å²) in [5, 5.41) is 4.70. The van der Waals surface area contributed by atoms with Crippen LogP contribution in [0.3, 0.4) is 0 Å². The van der Waals surface area contributed by atoms with Crippen LogP contribution in [-0.4, -0.2) is 31.1 Å². The average molecular weight is 273 g/mol. The van der Waals surface area contributed by atoms with Crippen LogP contribution >= 0.6 is 23.2 Å². The van der Waals surface area contributed by atoms with E-state index >= 15 is 0 Å². The molecule has 2 nitrogen and oxygen atoms in total. The minimum atomic E-state index is 0.691. The third-order valence-corrected chi connectivity index (χ3v) is 3.77. The van der Waals surface area contributed by atoms with Crippen LogP contribution in [0.4, 0.5) is 5.69 Å². The van der Waals surface area contributed by atoms with Gasteiger partial charge in [-0.1, -0.05) is 35.7 Å². The minimum Gasteiger partial charge on any atom is -0.381 e. The highest BCUT2D eigenvalue weighted by Crippen LogP contribution is 2.29. The highest BCUT2D eigenvalue weighted by atomic mass is 35.5. The molecule has 0 unspecified atom stereocenters. The van der Waals surface area contributed by atoms with Crippen molar-refractivity contribution in [2.75, 3.05) is 31.5 Å². The Morgan fingerprint density at radius 1 is 1.06 bits per heavy atom. The molecule has 4 heteroatoms. The zero-order chi connectivity index (χ0) is 12.1.